The summed E-state index contributed by atoms with van der Waals surface area (Å²) in [7, 11) is 0. The number of hydrogen-bond acceptors (Lipinski definition) is 1. The van der Waals surface area contributed by atoms with Gasteiger partial charge in [-0.25, -0.2) is 4.48 Å². The van der Waals surface area contributed by atoms with Gasteiger partial charge in [0, 0.05) is 18.4 Å². The van der Waals surface area contributed by atoms with E-state index in [-0.39, 0.29) is 5.91 Å². The average Bonchev–Trinajstić information content (AvgIpc) is 3.21. The van der Waals surface area contributed by atoms with Gasteiger partial charge in [-0.05, 0) is 18.1 Å². The minimum absolute atomic E-state index is 0.0678. The molecule has 3 nitrogen and oxygen atoms in total. The zero-order valence-corrected chi connectivity index (χ0v) is 11.2. The van der Waals surface area contributed by atoms with Crippen molar-refractivity contribution in [1.29, 1.82) is 0 Å². The molecule has 1 unspecified atom stereocenters. The zero-order valence-electron chi connectivity index (χ0n) is 10.4. The Morgan fingerprint density at radius 3 is 2.63 bits per heavy atom. The lowest BCUT2D eigenvalue weighted by Gasteiger charge is -2.30. The van der Waals surface area contributed by atoms with Gasteiger partial charge in [-0.15, -0.1) is 0 Å². The van der Waals surface area contributed by atoms with Crippen LogP contribution in [0.15, 0.2) is 41.7 Å². The summed E-state index contributed by atoms with van der Waals surface area (Å²) in [6.45, 7) is 0.348. The Morgan fingerprint density at radius 1 is 1.26 bits per heavy atom. The van der Waals surface area contributed by atoms with Gasteiger partial charge < -0.3 is 5.32 Å². The molecule has 2 aliphatic rings. The van der Waals surface area contributed by atoms with Crippen LogP contribution in [0.4, 0.5) is 0 Å². The number of rotatable bonds is 1. The SMILES string of the molecule is O=C1C[N+](C#Cc2ccccc2)(C2CC2)C=C(Cl)N1. The summed E-state index contributed by atoms with van der Waals surface area (Å²) in [6.07, 6.45) is 4.05. The monoisotopic (exact) mass is 273 g/mol. The standard InChI is InChI=1S/C15H13ClN2O/c16-14-10-18(13-6-7-13,11-15(19)17-14)9-8-12-4-2-1-3-5-12/h1-5,10,13H,6-7,11H2/p+1. The molecule has 0 bridgehead atoms. The zero-order chi connectivity index (χ0) is 13.3. The first kappa shape index (κ1) is 12.3. The second-order valence-electron chi connectivity index (χ2n) is 4.95. The lowest BCUT2D eigenvalue weighted by molar-refractivity contribution is -0.816. The Morgan fingerprint density at radius 2 is 2.00 bits per heavy atom. The van der Waals surface area contributed by atoms with E-state index in [1.165, 1.54) is 0 Å². The molecule has 0 aromatic heterocycles. The smallest absolute Gasteiger partial charge is 0.282 e. The van der Waals surface area contributed by atoms with Gasteiger partial charge in [0.25, 0.3) is 5.91 Å². The van der Waals surface area contributed by atoms with E-state index in [1.54, 1.807) is 0 Å². The number of nitrogens with zero attached hydrogens (tertiary/aromatic N) is 1. The molecule has 1 N–H and O–H groups in total. The molecule has 19 heavy (non-hydrogen) atoms. The molecular weight excluding hydrogens is 260 g/mol. The Bertz CT molecular complexity index is 596. The largest absolute Gasteiger partial charge is 0.307 e. The van der Waals surface area contributed by atoms with Gasteiger partial charge in [-0.3, -0.25) is 4.79 Å². The van der Waals surface area contributed by atoms with Crippen molar-refractivity contribution < 1.29 is 9.28 Å². The first-order chi connectivity index (χ1) is 9.18. The predicted octanol–water partition coefficient (Wildman–Crippen LogP) is 2.14. The van der Waals surface area contributed by atoms with E-state index >= 15 is 0 Å². The van der Waals surface area contributed by atoms with Crippen LogP contribution in [0.25, 0.3) is 0 Å². The summed E-state index contributed by atoms with van der Waals surface area (Å²) < 4.78 is 0.361. The van der Waals surface area contributed by atoms with E-state index < -0.39 is 0 Å². The molecule has 1 atom stereocenters. The molecule has 1 aromatic carbocycles. The molecular formula is C15H14ClN2O+. The van der Waals surface area contributed by atoms with Gasteiger partial charge in [0.15, 0.2) is 11.7 Å². The van der Waals surface area contributed by atoms with Crippen LogP contribution in [0.1, 0.15) is 18.4 Å². The molecule has 1 saturated carbocycles. The highest BCUT2D eigenvalue weighted by atomic mass is 35.5. The second kappa shape index (κ2) is 4.73. The summed E-state index contributed by atoms with van der Waals surface area (Å²) in [4.78, 5) is 11.7. The molecule has 0 radical (unpaired) electrons. The van der Waals surface area contributed by atoms with Gasteiger partial charge >= 0.3 is 0 Å². The molecule has 1 aliphatic carbocycles. The quantitative estimate of drug-likeness (QED) is 0.474. The van der Waals surface area contributed by atoms with E-state index in [2.05, 4.69) is 17.3 Å². The lowest BCUT2D eigenvalue weighted by atomic mass is 10.2. The minimum Gasteiger partial charge on any atom is -0.307 e. The van der Waals surface area contributed by atoms with Crippen LogP contribution < -0.4 is 5.32 Å². The van der Waals surface area contributed by atoms with Crippen molar-refractivity contribution in [2.45, 2.75) is 18.9 Å². The van der Waals surface area contributed by atoms with Gasteiger partial charge in [0.1, 0.15) is 18.3 Å². The molecule has 1 heterocycles. The highest BCUT2D eigenvalue weighted by molar-refractivity contribution is 6.30. The molecule has 1 amide bonds. The van der Waals surface area contributed by atoms with E-state index in [9.17, 15) is 4.79 Å². The van der Waals surface area contributed by atoms with Crippen LogP contribution in [0.3, 0.4) is 0 Å². The lowest BCUT2D eigenvalue weighted by Crippen LogP contribution is -2.51. The van der Waals surface area contributed by atoms with Crippen LogP contribution >= 0.6 is 11.6 Å². The first-order valence-corrected chi connectivity index (χ1v) is 6.70. The van der Waals surface area contributed by atoms with Crippen LogP contribution in [0, 0.1) is 12.0 Å². The van der Waals surface area contributed by atoms with Crippen molar-refractivity contribution in [1.82, 2.24) is 5.32 Å². The number of benzene rings is 1. The number of carbonyl (C=O) groups excluding carboxylic acids is 1. The van der Waals surface area contributed by atoms with Gasteiger partial charge in [-0.1, -0.05) is 29.8 Å². The van der Waals surface area contributed by atoms with E-state index in [4.69, 9.17) is 11.6 Å². The number of amides is 1. The van der Waals surface area contributed by atoms with Crippen molar-refractivity contribution in [3.63, 3.8) is 0 Å². The minimum atomic E-state index is -0.0678. The average molecular weight is 274 g/mol. The predicted molar refractivity (Wildman–Crippen MR) is 73.5 cm³/mol. The van der Waals surface area contributed by atoms with Crippen LogP contribution in [0.2, 0.25) is 0 Å². The maximum absolute atomic E-state index is 11.7. The Balaban J connectivity index is 1.96. The van der Waals surface area contributed by atoms with E-state index in [0.29, 0.717) is 22.2 Å². The summed E-state index contributed by atoms with van der Waals surface area (Å²) in [5, 5.41) is 3.00. The first-order valence-electron chi connectivity index (χ1n) is 6.32. The Labute approximate surface area is 117 Å². The van der Waals surface area contributed by atoms with Gasteiger partial charge in [-0.2, -0.15) is 0 Å². The highest BCUT2D eigenvalue weighted by Crippen LogP contribution is 2.35. The van der Waals surface area contributed by atoms with Gasteiger partial charge in [0.2, 0.25) is 0 Å². The normalized spacial score (nSPS) is 25.9. The summed E-state index contributed by atoms with van der Waals surface area (Å²) in [5.74, 6) is 3.09. The highest BCUT2D eigenvalue weighted by Gasteiger charge is 2.47. The molecule has 1 aliphatic heterocycles. The van der Waals surface area contributed by atoms with Gasteiger partial charge in [0.05, 0.1) is 0 Å². The summed E-state index contributed by atoms with van der Waals surface area (Å²) in [6, 6.07) is 13.4. The second-order valence-corrected chi connectivity index (χ2v) is 5.36. The molecule has 1 aromatic rings. The molecule has 96 valence electrons. The molecule has 1 fully saturated rings. The van der Waals surface area contributed by atoms with Crippen molar-refractivity contribution in [3.8, 4) is 12.0 Å². The van der Waals surface area contributed by atoms with Crippen molar-refractivity contribution in [2.75, 3.05) is 6.54 Å². The number of carbonyl (C=O) groups is 1. The van der Waals surface area contributed by atoms with Crippen LogP contribution in [-0.4, -0.2) is 23.0 Å². The van der Waals surface area contributed by atoms with Crippen molar-refractivity contribution in [3.05, 3.63) is 47.3 Å². The number of nitrogens with one attached hydrogen (secondary N) is 1. The number of quaternary nitrogens is 1. The summed E-state index contributed by atoms with van der Waals surface area (Å²) >= 11 is 6.00. The van der Waals surface area contributed by atoms with Crippen molar-refractivity contribution in [2.24, 2.45) is 0 Å². The van der Waals surface area contributed by atoms with Crippen LogP contribution in [0.5, 0.6) is 0 Å². The topological polar surface area (TPSA) is 29.1 Å². The van der Waals surface area contributed by atoms with Crippen LogP contribution in [-0.2, 0) is 4.79 Å². The third-order valence-corrected chi connectivity index (χ3v) is 3.58. The molecule has 0 spiro atoms. The number of hydrogen-bond donors (Lipinski definition) is 1. The third-order valence-electron chi connectivity index (χ3n) is 3.39. The Kier molecular flexibility index (Phi) is 3.06. The molecule has 3 rings (SSSR count). The fraction of sp³-hybridized carbons (Fsp3) is 0.267. The third kappa shape index (κ3) is 2.65. The van der Waals surface area contributed by atoms with E-state index in [1.807, 2.05) is 36.5 Å². The van der Waals surface area contributed by atoms with E-state index in [0.717, 1.165) is 18.4 Å². The maximum atomic E-state index is 11.7. The molecule has 0 saturated heterocycles. The Hall–Kier alpha value is -1.76. The fourth-order valence-electron chi connectivity index (χ4n) is 2.31. The molecule has 4 heteroatoms. The maximum Gasteiger partial charge on any atom is 0.282 e. The fourth-order valence-corrected chi connectivity index (χ4v) is 2.59. The number of halogens is 1. The van der Waals surface area contributed by atoms with Crippen molar-refractivity contribution >= 4 is 17.5 Å². The summed E-state index contributed by atoms with van der Waals surface area (Å²) in [5.41, 5.74) is 0.955.